The van der Waals surface area contributed by atoms with Crippen LogP contribution in [0.1, 0.15) is 32.9 Å². The average Bonchev–Trinajstić information content (AvgIpc) is 3.34. The third kappa shape index (κ3) is 6.41. The van der Waals surface area contributed by atoms with Crippen molar-refractivity contribution >= 4 is 18.1 Å². The summed E-state index contributed by atoms with van der Waals surface area (Å²) in [4.78, 5) is 15.7. The van der Waals surface area contributed by atoms with E-state index in [2.05, 4.69) is 4.98 Å². The monoisotopic (exact) mass is 560 g/mol. The number of alkyl halides is 3. The number of hydrogen-bond donors (Lipinski definition) is 1. The molecule has 5 aromatic rings. The van der Waals surface area contributed by atoms with Crippen LogP contribution in [0.2, 0.25) is 0 Å². The molecule has 0 saturated carbocycles. The van der Waals surface area contributed by atoms with Crippen LogP contribution in [-0.2, 0) is 12.7 Å². The summed E-state index contributed by atoms with van der Waals surface area (Å²) >= 11 is 0. The van der Waals surface area contributed by atoms with Crippen molar-refractivity contribution in [2.24, 2.45) is 0 Å². The first-order valence-corrected chi connectivity index (χ1v) is 12.4. The number of halogens is 5. The Labute approximate surface area is 231 Å². The van der Waals surface area contributed by atoms with E-state index in [-0.39, 0.29) is 16.8 Å². The molecule has 41 heavy (non-hydrogen) atoms. The van der Waals surface area contributed by atoms with Crippen molar-refractivity contribution in [2.75, 3.05) is 0 Å². The quantitative estimate of drug-likeness (QED) is 0.203. The zero-order chi connectivity index (χ0) is 29.1. The Morgan fingerprint density at radius 1 is 0.854 bits per heavy atom. The molecule has 0 fully saturated rings. The lowest BCUT2D eigenvalue weighted by molar-refractivity contribution is -0.137. The fourth-order valence-corrected chi connectivity index (χ4v) is 4.30. The number of hydrogen-bond acceptors (Lipinski definition) is 2. The van der Waals surface area contributed by atoms with Crippen LogP contribution < -0.4 is 0 Å². The fraction of sp³-hybridized carbons (Fsp3) is 0.0625. The van der Waals surface area contributed by atoms with E-state index in [4.69, 9.17) is 5.11 Å². The highest BCUT2D eigenvalue weighted by Gasteiger charge is 2.30. The standard InChI is InChI=1S/C32H21F5N2O2/c33-26-13-14-27(28(34)17-26)29-19-39(18-21-6-11-23(12-7-21)31(40)41)30(38-29)15-8-20-4-9-22(10-5-20)24-2-1-3-25(16-24)32(35,36)37/h1-17,19H,18H2,(H,40,41)/b15-8+. The Morgan fingerprint density at radius 3 is 2.24 bits per heavy atom. The molecule has 0 amide bonds. The lowest BCUT2D eigenvalue weighted by atomic mass is 10.0. The van der Waals surface area contributed by atoms with Gasteiger partial charge in [0.2, 0.25) is 0 Å². The molecule has 0 spiro atoms. The van der Waals surface area contributed by atoms with Gasteiger partial charge in [-0.25, -0.2) is 18.6 Å². The molecule has 0 bridgehead atoms. The molecule has 0 saturated heterocycles. The molecule has 0 aliphatic carbocycles. The summed E-state index contributed by atoms with van der Waals surface area (Å²) in [6.45, 7) is 0.296. The van der Waals surface area contributed by atoms with Gasteiger partial charge < -0.3 is 9.67 Å². The van der Waals surface area contributed by atoms with Gasteiger partial charge in [-0.3, -0.25) is 0 Å². The summed E-state index contributed by atoms with van der Waals surface area (Å²) in [6, 6.07) is 21.6. The second-order valence-electron chi connectivity index (χ2n) is 9.27. The number of aromatic nitrogens is 2. The molecule has 5 rings (SSSR count). The zero-order valence-corrected chi connectivity index (χ0v) is 21.2. The van der Waals surface area contributed by atoms with Gasteiger partial charge in [0.25, 0.3) is 0 Å². The van der Waals surface area contributed by atoms with Crippen molar-refractivity contribution in [3.8, 4) is 22.4 Å². The molecule has 0 radical (unpaired) electrons. The fourth-order valence-electron chi connectivity index (χ4n) is 4.30. The van der Waals surface area contributed by atoms with Gasteiger partial charge in [0, 0.05) is 24.4 Å². The minimum Gasteiger partial charge on any atom is -0.478 e. The average molecular weight is 561 g/mol. The molecular weight excluding hydrogens is 539 g/mol. The Bertz CT molecular complexity index is 1740. The molecule has 1 aromatic heterocycles. The van der Waals surface area contributed by atoms with Crippen molar-refractivity contribution in [1.29, 1.82) is 0 Å². The van der Waals surface area contributed by atoms with E-state index < -0.39 is 29.3 Å². The molecule has 9 heteroatoms. The molecular formula is C32H21F5N2O2. The Balaban J connectivity index is 1.44. The SMILES string of the molecule is O=C(O)c1ccc(Cn2cc(-c3ccc(F)cc3F)nc2/C=C/c2ccc(-c3cccc(C(F)(F)F)c3)cc2)cc1. The number of benzene rings is 4. The first kappa shape index (κ1) is 27.5. The Hall–Kier alpha value is -5.05. The largest absolute Gasteiger partial charge is 0.478 e. The van der Waals surface area contributed by atoms with Gasteiger partial charge in [-0.15, -0.1) is 0 Å². The van der Waals surface area contributed by atoms with E-state index in [0.29, 0.717) is 23.5 Å². The smallest absolute Gasteiger partial charge is 0.416 e. The zero-order valence-electron chi connectivity index (χ0n) is 21.2. The highest BCUT2D eigenvalue weighted by atomic mass is 19.4. The van der Waals surface area contributed by atoms with Gasteiger partial charge in [0.1, 0.15) is 17.5 Å². The summed E-state index contributed by atoms with van der Waals surface area (Å²) in [7, 11) is 0. The molecule has 0 atom stereocenters. The second-order valence-corrected chi connectivity index (χ2v) is 9.27. The van der Waals surface area contributed by atoms with Crippen LogP contribution in [-0.4, -0.2) is 20.6 Å². The maximum Gasteiger partial charge on any atom is 0.416 e. The summed E-state index contributed by atoms with van der Waals surface area (Å²) < 4.78 is 69.0. The third-order valence-electron chi connectivity index (χ3n) is 6.43. The van der Waals surface area contributed by atoms with Crippen LogP contribution in [0.4, 0.5) is 22.0 Å². The van der Waals surface area contributed by atoms with Crippen LogP contribution in [0.15, 0.2) is 97.2 Å². The minimum atomic E-state index is -4.44. The number of nitrogens with zero attached hydrogens (tertiary/aromatic N) is 2. The number of rotatable bonds is 7. The lowest BCUT2D eigenvalue weighted by Gasteiger charge is -2.09. The molecule has 0 aliphatic rings. The molecule has 4 aromatic carbocycles. The topological polar surface area (TPSA) is 55.1 Å². The van der Waals surface area contributed by atoms with E-state index in [9.17, 15) is 26.7 Å². The number of carboxylic acids is 1. The van der Waals surface area contributed by atoms with Gasteiger partial charge in [0.05, 0.1) is 16.8 Å². The van der Waals surface area contributed by atoms with Crippen LogP contribution in [0.5, 0.6) is 0 Å². The summed E-state index contributed by atoms with van der Waals surface area (Å²) in [5.74, 6) is -2.07. The Kier molecular flexibility index (Phi) is 7.52. The first-order valence-electron chi connectivity index (χ1n) is 12.4. The number of aromatic carboxylic acids is 1. The summed E-state index contributed by atoms with van der Waals surface area (Å²) in [6.07, 6.45) is 0.648. The molecule has 206 valence electrons. The van der Waals surface area contributed by atoms with E-state index >= 15 is 0 Å². The maximum atomic E-state index is 14.5. The van der Waals surface area contributed by atoms with Crippen LogP contribution in [0.3, 0.4) is 0 Å². The second kappa shape index (κ2) is 11.2. The normalized spacial score (nSPS) is 11.7. The number of imidazole rings is 1. The third-order valence-corrected chi connectivity index (χ3v) is 6.43. The van der Waals surface area contributed by atoms with Gasteiger partial charge in [0.15, 0.2) is 0 Å². The predicted molar refractivity (Wildman–Crippen MR) is 146 cm³/mol. The molecule has 0 aliphatic heterocycles. The van der Waals surface area contributed by atoms with Crippen molar-refractivity contribution in [3.05, 3.63) is 137 Å². The van der Waals surface area contributed by atoms with E-state index in [1.54, 1.807) is 65.4 Å². The molecule has 4 nitrogen and oxygen atoms in total. The Morgan fingerprint density at radius 2 is 1.59 bits per heavy atom. The number of carbonyl (C=O) groups is 1. The van der Waals surface area contributed by atoms with Gasteiger partial charge in [-0.2, -0.15) is 13.2 Å². The van der Waals surface area contributed by atoms with Crippen LogP contribution in [0.25, 0.3) is 34.5 Å². The van der Waals surface area contributed by atoms with Crippen molar-refractivity contribution in [3.63, 3.8) is 0 Å². The van der Waals surface area contributed by atoms with E-state index in [1.807, 2.05) is 0 Å². The van der Waals surface area contributed by atoms with Gasteiger partial charge in [-0.1, -0.05) is 54.6 Å². The highest BCUT2D eigenvalue weighted by molar-refractivity contribution is 5.87. The maximum absolute atomic E-state index is 14.5. The first-order chi connectivity index (χ1) is 19.6. The molecule has 1 N–H and O–H groups in total. The molecule has 0 unspecified atom stereocenters. The lowest BCUT2D eigenvalue weighted by Crippen LogP contribution is -2.04. The van der Waals surface area contributed by atoms with Crippen LogP contribution in [0, 0.1) is 11.6 Å². The van der Waals surface area contributed by atoms with Gasteiger partial charge >= 0.3 is 12.1 Å². The predicted octanol–water partition coefficient (Wildman–Crippen LogP) is 8.43. The van der Waals surface area contributed by atoms with Crippen molar-refractivity contribution in [1.82, 2.24) is 9.55 Å². The van der Waals surface area contributed by atoms with Crippen molar-refractivity contribution < 1.29 is 31.9 Å². The van der Waals surface area contributed by atoms with Crippen molar-refractivity contribution in [2.45, 2.75) is 12.7 Å². The van der Waals surface area contributed by atoms with E-state index in [1.165, 1.54) is 24.3 Å². The molecule has 1 heterocycles. The number of carboxylic acid groups (broad SMARTS) is 1. The highest BCUT2D eigenvalue weighted by Crippen LogP contribution is 2.32. The van der Waals surface area contributed by atoms with Gasteiger partial charge in [-0.05, 0) is 64.7 Å². The summed E-state index contributed by atoms with van der Waals surface area (Å²) in [5, 5.41) is 9.16. The minimum absolute atomic E-state index is 0.117. The van der Waals surface area contributed by atoms with Crippen LogP contribution >= 0.6 is 0 Å². The van der Waals surface area contributed by atoms with E-state index in [0.717, 1.165) is 35.4 Å². The summed E-state index contributed by atoms with van der Waals surface area (Å²) in [5.41, 5.74) is 2.39.